The Hall–Kier alpha value is -0.820. The summed E-state index contributed by atoms with van der Waals surface area (Å²) in [5.74, 6) is 1.74. The lowest BCUT2D eigenvalue weighted by Gasteiger charge is -2.34. The van der Waals surface area contributed by atoms with Gasteiger partial charge in [-0.05, 0) is 43.2 Å². The van der Waals surface area contributed by atoms with Gasteiger partial charge in [0.1, 0.15) is 0 Å². The molecule has 3 unspecified atom stereocenters. The molecule has 1 nitrogen and oxygen atoms in total. The number of benzene rings is 1. The standard InChI is InChI=1S/C17H27N/c1-14-8-6-12-17(15(14)2)18-13-7-11-16-9-4-3-5-10-16/h3-5,9-10,14-15,17-18H,6-8,11-13H2,1-2H3. The van der Waals surface area contributed by atoms with Crippen molar-refractivity contribution in [2.45, 2.75) is 52.0 Å². The topological polar surface area (TPSA) is 12.0 Å². The quantitative estimate of drug-likeness (QED) is 0.772. The molecule has 100 valence electrons. The fraction of sp³-hybridized carbons (Fsp3) is 0.647. The molecule has 0 amide bonds. The Morgan fingerprint density at radius 1 is 1.11 bits per heavy atom. The van der Waals surface area contributed by atoms with Crippen LogP contribution in [0.4, 0.5) is 0 Å². The van der Waals surface area contributed by atoms with E-state index >= 15 is 0 Å². The minimum absolute atomic E-state index is 0.754. The zero-order valence-corrected chi connectivity index (χ0v) is 11.9. The largest absolute Gasteiger partial charge is 0.314 e. The first-order valence-electron chi connectivity index (χ1n) is 7.54. The summed E-state index contributed by atoms with van der Waals surface area (Å²) in [7, 11) is 0. The van der Waals surface area contributed by atoms with Gasteiger partial charge in [0.15, 0.2) is 0 Å². The van der Waals surface area contributed by atoms with Gasteiger partial charge in [0, 0.05) is 6.04 Å². The second-order valence-corrected chi connectivity index (χ2v) is 5.92. The fourth-order valence-electron chi connectivity index (χ4n) is 3.09. The molecule has 0 saturated heterocycles. The van der Waals surface area contributed by atoms with Crippen LogP contribution in [0.1, 0.15) is 45.1 Å². The summed E-state index contributed by atoms with van der Waals surface area (Å²) in [6, 6.07) is 11.6. The predicted molar refractivity (Wildman–Crippen MR) is 78.7 cm³/mol. The summed E-state index contributed by atoms with van der Waals surface area (Å²) < 4.78 is 0. The van der Waals surface area contributed by atoms with E-state index in [1.807, 2.05) is 0 Å². The molecule has 1 aliphatic rings. The first-order valence-corrected chi connectivity index (χ1v) is 7.54. The summed E-state index contributed by atoms with van der Waals surface area (Å²) >= 11 is 0. The van der Waals surface area contributed by atoms with E-state index in [-0.39, 0.29) is 0 Å². The molecule has 0 bridgehead atoms. The molecular formula is C17H27N. The Bertz CT molecular complexity index is 333. The van der Waals surface area contributed by atoms with Crippen LogP contribution in [0.2, 0.25) is 0 Å². The first-order chi connectivity index (χ1) is 8.77. The summed E-state index contributed by atoms with van der Waals surface area (Å²) in [5, 5.41) is 3.77. The van der Waals surface area contributed by atoms with Crippen LogP contribution >= 0.6 is 0 Å². The van der Waals surface area contributed by atoms with E-state index in [4.69, 9.17) is 0 Å². The molecule has 1 saturated carbocycles. The number of aryl methyl sites for hydroxylation is 1. The van der Waals surface area contributed by atoms with Crippen LogP contribution in [0.25, 0.3) is 0 Å². The van der Waals surface area contributed by atoms with Crippen LogP contribution in [0.3, 0.4) is 0 Å². The average molecular weight is 245 g/mol. The third-order valence-corrected chi connectivity index (χ3v) is 4.60. The van der Waals surface area contributed by atoms with Crippen LogP contribution in [-0.2, 0) is 6.42 Å². The molecule has 0 aromatic heterocycles. The van der Waals surface area contributed by atoms with E-state index in [0.717, 1.165) is 24.4 Å². The summed E-state index contributed by atoms with van der Waals surface area (Å²) in [5.41, 5.74) is 1.46. The van der Waals surface area contributed by atoms with Gasteiger partial charge in [0.25, 0.3) is 0 Å². The highest BCUT2D eigenvalue weighted by Gasteiger charge is 2.26. The van der Waals surface area contributed by atoms with Crippen molar-refractivity contribution in [3.05, 3.63) is 35.9 Å². The monoisotopic (exact) mass is 245 g/mol. The molecule has 18 heavy (non-hydrogen) atoms. The van der Waals surface area contributed by atoms with Crippen molar-refractivity contribution >= 4 is 0 Å². The van der Waals surface area contributed by atoms with Gasteiger partial charge < -0.3 is 5.32 Å². The molecule has 0 heterocycles. The highest BCUT2D eigenvalue weighted by molar-refractivity contribution is 5.14. The van der Waals surface area contributed by atoms with Crippen molar-refractivity contribution in [3.8, 4) is 0 Å². The van der Waals surface area contributed by atoms with E-state index in [0.29, 0.717) is 0 Å². The Labute approximate surface area is 112 Å². The van der Waals surface area contributed by atoms with Crippen LogP contribution in [-0.4, -0.2) is 12.6 Å². The van der Waals surface area contributed by atoms with Crippen molar-refractivity contribution in [3.63, 3.8) is 0 Å². The van der Waals surface area contributed by atoms with E-state index in [2.05, 4.69) is 49.5 Å². The number of hydrogen-bond acceptors (Lipinski definition) is 1. The molecule has 0 radical (unpaired) electrons. The number of hydrogen-bond donors (Lipinski definition) is 1. The van der Waals surface area contributed by atoms with Gasteiger partial charge in [0.2, 0.25) is 0 Å². The Kier molecular flexibility index (Phi) is 5.25. The highest BCUT2D eigenvalue weighted by atomic mass is 14.9. The Morgan fingerprint density at radius 3 is 2.67 bits per heavy atom. The van der Waals surface area contributed by atoms with Gasteiger partial charge in [-0.25, -0.2) is 0 Å². The molecule has 1 N–H and O–H groups in total. The van der Waals surface area contributed by atoms with Crippen LogP contribution in [0.15, 0.2) is 30.3 Å². The molecule has 1 aliphatic carbocycles. The Morgan fingerprint density at radius 2 is 1.89 bits per heavy atom. The summed E-state index contributed by atoms with van der Waals surface area (Å²) in [6.45, 7) is 5.98. The third kappa shape index (κ3) is 3.84. The second-order valence-electron chi connectivity index (χ2n) is 5.92. The summed E-state index contributed by atoms with van der Waals surface area (Å²) in [4.78, 5) is 0. The van der Waals surface area contributed by atoms with Gasteiger partial charge >= 0.3 is 0 Å². The molecular weight excluding hydrogens is 218 g/mol. The van der Waals surface area contributed by atoms with E-state index in [1.165, 1.54) is 37.7 Å². The SMILES string of the molecule is CC1CCCC(NCCCc2ccccc2)C1C. The molecule has 3 atom stereocenters. The molecule has 1 fully saturated rings. The van der Waals surface area contributed by atoms with Gasteiger partial charge in [0.05, 0.1) is 0 Å². The highest BCUT2D eigenvalue weighted by Crippen LogP contribution is 2.29. The maximum Gasteiger partial charge on any atom is 0.00952 e. The van der Waals surface area contributed by atoms with Crippen LogP contribution < -0.4 is 5.32 Å². The fourth-order valence-corrected chi connectivity index (χ4v) is 3.09. The molecule has 1 heteroatoms. The lowest BCUT2D eigenvalue weighted by Crippen LogP contribution is -2.41. The molecule has 2 rings (SSSR count). The van der Waals surface area contributed by atoms with Crippen molar-refractivity contribution < 1.29 is 0 Å². The second kappa shape index (κ2) is 6.94. The van der Waals surface area contributed by atoms with Gasteiger partial charge in [-0.3, -0.25) is 0 Å². The summed E-state index contributed by atoms with van der Waals surface area (Å²) in [6.07, 6.45) is 6.65. The van der Waals surface area contributed by atoms with Gasteiger partial charge in [-0.15, -0.1) is 0 Å². The number of nitrogens with one attached hydrogen (secondary N) is 1. The van der Waals surface area contributed by atoms with Crippen molar-refractivity contribution in [1.82, 2.24) is 5.32 Å². The lowest BCUT2D eigenvalue weighted by atomic mass is 9.78. The Balaban J connectivity index is 1.66. The molecule has 1 aromatic carbocycles. The number of rotatable bonds is 5. The van der Waals surface area contributed by atoms with Crippen molar-refractivity contribution in [2.24, 2.45) is 11.8 Å². The van der Waals surface area contributed by atoms with E-state index in [1.54, 1.807) is 0 Å². The van der Waals surface area contributed by atoms with Crippen LogP contribution in [0.5, 0.6) is 0 Å². The van der Waals surface area contributed by atoms with Crippen molar-refractivity contribution in [2.75, 3.05) is 6.54 Å². The average Bonchev–Trinajstić information content (AvgIpc) is 2.40. The van der Waals surface area contributed by atoms with Gasteiger partial charge in [-0.2, -0.15) is 0 Å². The zero-order chi connectivity index (χ0) is 12.8. The predicted octanol–water partition coefficient (Wildman–Crippen LogP) is 4.03. The minimum atomic E-state index is 0.754. The third-order valence-electron chi connectivity index (χ3n) is 4.60. The normalized spacial score (nSPS) is 28.2. The maximum atomic E-state index is 3.77. The van der Waals surface area contributed by atoms with Gasteiger partial charge in [-0.1, -0.05) is 57.0 Å². The smallest absolute Gasteiger partial charge is 0.00952 e. The van der Waals surface area contributed by atoms with Crippen LogP contribution in [0, 0.1) is 11.8 Å². The molecule has 0 aliphatic heterocycles. The van der Waals surface area contributed by atoms with E-state index < -0.39 is 0 Å². The molecule has 0 spiro atoms. The zero-order valence-electron chi connectivity index (χ0n) is 11.9. The first kappa shape index (κ1) is 13.6. The van der Waals surface area contributed by atoms with E-state index in [9.17, 15) is 0 Å². The maximum absolute atomic E-state index is 3.77. The van der Waals surface area contributed by atoms with Crippen molar-refractivity contribution in [1.29, 1.82) is 0 Å². The molecule has 1 aromatic rings. The minimum Gasteiger partial charge on any atom is -0.314 e. The lowest BCUT2D eigenvalue weighted by molar-refractivity contribution is 0.207.